The zero-order valence-electron chi connectivity index (χ0n) is 11.6. The van der Waals surface area contributed by atoms with Crippen molar-refractivity contribution in [1.29, 1.82) is 0 Å². The smallest absolute Gasteiger partial charge is 0.119 e. The van der Waals surface area contributed by atoms with Crippen LogP contribution >= 0.6 is 11.3 Å². The predicted octanol–water partition coefficient (Wildman–Crippen LogP) is 4.30. The molecule has 0 radical (unpaired) electrons. The highest BCUT2D eigenvalue weighted by atomic mass is 32.1. The van der Waals surface area contributed by atoms with Crippen LogP contribution in [0, 0.1) is 0 Å². The summed E-state index contributed by atoms with van der Waals surface area (Å²) in [6, 6.07) is 7.97. The number of nitrogens with two attached hydrogens (primary N) is 1. The molecule has 0 atom stereocenters. The van der Waals surface area contributed by atoms with E-state index in [1.165, 1.54) is 0 Å². The maximum absolute atomic E-state index is 6.05. The largest absolute Gasteiger partial charge is 0.494 e. The van der Waals surface area contributed by atoms with Crippen LogP contribution in [0.1, 0.15) is 38.1 Å². The molecule has 1 heterocycles. The summed E-state index contributed by atoms with van der Waals surface area (Å²) in [5.74, 6) is 1.30. The van der Waals surface area contributed by atoms with Gasteiger partial charge in [0.1, 0.15) is 16.4 Å². The molecule has 0 aliphatic carbocycles. The second-order valence-electron chi connectivity index (χ2n) is 4.79. The molecule has 0 aliphatic rings. The summed E-state index contributed by atoms with van der Waals surface area (Å²) >= 11 is 1.57. The number of nitrogens with zero attached hydrogens (tertiary/aromatic N) is 1. The van der Waals surface area contributed by atoms with Gasteiger partial charge in [0, 0.05) is 11.5 Å². The SMILES string of the molecule is CCCOc1ccc(-c2nc(C(C)C)sc2N)cc1. The first kappa shape index (κ1) is 13.9. The standard InChI is InChI=1S/C15H20N2OS/c1-4-9-18-12-7-5-11(6-8-12)13-14(16)19-15(17-13)10(2)3/h5-8,10H,4,9,16H2,1-3H3. The van der Waals surface area contributed by atoms with Crippen molar-refractivity contribution in [2.45, 2.75) is 33.1 Å². The molecular formula is C15H20N2OS. The Morgan fingerprint density at radius 3 is 2.47 bits per heavy atom. The van der Waals surface area contributed by atoms with E-state index in [9.17, 15) is 0 Å². The second-order valence-corrected chi connectivity index (χ2v) is 5.85. The van der Waals surface area contributed by atoms with Crippen molar-refractivity contribution in [2.75, 3.05) is 12.3 Å². The van der Waals surface area contributed by atoms with Crippen LogP contribution < -0.4 is 10.5 Å². The Balaban J connectivity index is 2.22. The van der Waals surface area contributed by atoms with Crippen LogP contribution in [0.25, 0.3) is 11.3 Å². The minimum absolute atomic E-state index is 0.410. The number of nitrogen functional groups attached to an aromatic ring is 1. The fourth-order valence-corrected chi connectivity index (χ4v) is 2.59. The van der Waals surface area contributed by atoms with Crippen molar-refractivity contribution in [2.24, 2.45) is 0 Å². The van der Waals surface area contributed by atoms with Gasteiger partial charge in [0.05, 0.1) is 11.6 Å². The number of hydrogen-bond donors (Lipinski definition) is 1. The quantitative estimate of drug-likeness (QED) is 0.885. The lowest BCUT2D eigenvalue weighted by Gasteiger charge is -2.05. The van der Waals surface area contributed by atoms with E-state index in [0.29, 0.717) is 5.92 Å². The van der Waals surface area contributed by atoms with Crippen molar-refractivity contribution < 1.29 is 4.74 Å². The van der Waals surface area contributed by atoms with Crippen LogP contribution in [0.3, 0.4) is 0 Å². The van der Waals surface area contributed by atoms with Gasteiger partial charge in [-0.2, -0.15) is 0 Å². The summed E-state index contributed by atoms with van der Waals surface area (Å²) in [5, 5.41) is 1.87. The number of hydrogen-bond acceptors (Lipinski definition) is 4. The highest BCUT2D eigenvalue weighted by Crippen LogP contribution is 2.34. The van der Waals surface area contributed by atoms with Crippen molar-refractivity contribution >= 4 is 16.3 Å². The number of ether oxygens (including phenoxy) is 1. The van der Waals surface area contributed by atoms with Gasteiger partial charge in [0.25, 0.3) is 0 Å². The monoisotopic (exact) mass is 276 g/mol. The molecule has 19 heavy (non-hydrogen) atoms. The number of anilines is 1. The van der Waals surface area contributed by atoms with Crippen LogP contribution in [0.4, 0.5) is 5.00 Å². The molecule has 4 heteroatoms. The predicted molar refractivity (Wildman–Crippen MR) is 81.8 cm³/mol. The fourth-order valence-electron chi connectivity index (χ4n) is 1.73. The summed E-state index contributed by atoms with van der Waals surface area (Å²) in [6.07, 6.45) is 1.01. The molecule has 1 aromatic carbocycles. The molecule has 102 valence electrons. The van der Waals surface area contributed by atoms with Crippen LogP contribution in [-0.2, 0) is 0 Å². The van der Waals surface area contributed by atoms with Gasteiger partial charge in [0.15, 0.2) is 0 Å². The van der Waals surface area contributed by atoms with E-state index < -0.39 is 0 Å². The van der Waals surface area contributed by atoms with Crippen LogP contribution in [0.5, 0.6) is 5.75 Å². The number of thiazole rings is 1. The molecule has 0 spiro atoms. The van der Waals surface area contributed by atoms with E-state index in [1.807, 2.05) is 24.3 Å². The topological polar surface area (TPSA) is 48.1 Å². The van der Waals surface area contributed by atoms with E-state index in [-0.39, 0.29) is 0 Å². The summed E-state index contributed by atoms with van der Waals surface area (Å²) in [6.45, 7) is 7.10. The molecule has 0 saturated heterocycles. The maximum atomic E-state index is 6.05. The first-order valence-corrected chi connectivity index (χ1v) is 7.43. The maximum Gasteiger partial charge on any atom is 0.119 e. The molecule has 3 nitrogen and oxygen atoms in total. The van der Waals surface area contributed by atoms with Gasteiger partial charge in [-0.25, -0.2) is 4.98 Å². The fraction of sp³-hybridized carbons (Fsp3) is 0.400. The highest BCUT2D eigenvalue weighted by molar-refractivity contribution is 7.16. The Morgan fingerprint density at radius 1 is 1.26 bits per heavy atom. The van der Waals surface area contributed by atoms with Gasteiger partial charge in [-0.1, -0.05) is 20.8 Å². The van der Waals surface area contributed by atoms with E-state index in [1.54, 1.807) is 11.3 Å². The van der Waals surface area contributed by atoms with Crippen molar-refractivity contribution in [3.8, 4) is 17.0 Å². The molecule has 2 N–H and O–H groups in total. The molecule has 2 rings (SSSR count). The lowest BCUT2D eigenvalue weighted by atomic mass is 10.1. The Bertz CT molecular complexity index is 532. The third kappa shape index (κ3) is 3.26. The molecule has 0 aliphatic heterocycles. The molecule has 2 aromatic rings. The Hall–Kier alpha value is -1.55. The van der Waals surface area contributed by atoms with Gasteiger partial charge in [-0.15, -0.1) is 11.3 Å². The first-order chi connectivity index (χ1) is 9.11. The number of aromatic nitrogens is 1. The molecule has 0 unspecified atom stereocenters. The number of rotatable bonds is 5. The Labute approximate surface area is 118 Å². The van der Waals surface area contributed by atoms with Gasteiger partial charge in [-0.3, -0.25) is 0 Å². The Morgan fingerprint density at radius 2 is 1.95 bits per heavy atom. The number of benzene rings is 1. The van der Waals surface area contributed by atoms with E-state index in [4.69, 9.17) is 10.5 Å². The van der Waals surface area contributed by atoms with Gasteiger partial charge < -0.3 is 10.5 Å². The minimum atomic E-state index is 0.410. The van der Waals surface area contributed by atoms with Crippen LogP contribution in [0.15, 0.2) is 24.3 Å². The third-order valence-corrected chi connectivity index (χ3v) is 3.95. The third-order valence-electron chi connectivity index (χ3n) is 2.76. The zero-order valence-corrected chi connectivity index (χ0v) is 12.5. The van der Waals surface area contributed by atoms with Crippen molar-refractivity contribution in [1.82, 2.24) is 4.98 Å². The summed E-state index contributed by atoms with van der Waals surface area (Å²) in [7, 11) is 0. The summed E-state index contributed by atoms with van der Waals surface area (Å²) < 4.78 is 5.57. The van der Waals surface area contributed by atoms with Crippen LogP contribution in [-0.4, -0.2) is 11.6 Å². The van der Waals surface area contributed by atoms with Gasteiger partial charge in [-0.05, 0) is 30.7 Å². The lowest BCUT2D eigenvalue weighted by Crippen LogP contribution is -1.94. The molecular weight excluding hydrogens is 256 g/mol. The molecule has 0 fully saturated rings. The van der Waals surface area contributed by atoms with E-state index in [0.717, 1.165) is 40.0 Å². The van der Waals surface area contributed by atoms with E-state index >= 15 is 0 Å². The van der Waals surface area contributed by atoms with E-state index in [2.05, 4.69) is 25.8 Å². The van der Waals surface area contributed by atoms with Gasteiger partial charge >= 0.3 is 0 Å². The van der Waals surface area contributed by atoms with Gasteiger partial charge in [0.2, 0.25) is 0 Å². The molecule has 0 amide bonds. The van der Waals surface area contributed by atoms with Crippen molar-refractivity contribution in [3.05, 3.63) is 29.3 Å². The normalized spacial score (nSPS) is 10.9. The highest BCUT2D eigenvalue weighted by Gasteiger charge is 2.12. The molecule has 0 bridgehead atoms. The average Bonchev–Trinajstić information content (AvgIpc) is 2.79. The lowest BCUT2D eigenvalue weighted by molar-refractivity contribution is 0.317. The molecule has 0 saturated carbocycles. The first-order valence-electron chi connectivity index (χ1n) is 6.61. The van der Waals surface area contributed by atoms with Crippen molar-refractivity contribution in [3.63, 3.8) is 0 Å². The molecule has 1 aromatic heterocycles. The minimum Gasteiger partial charge on any atom is -0.494 e. The van der Waals surface area contributed by atoms with Crippen LogP contribution in [0.2, 0.25) is 0 Å². The average molecular weight is 276 g/mol. The second kappa shape index (κ2) is 6.06. The summed E-state index contributed by atoms with van der Waals surface area (Å²) in [5.41, 5.74) is 7.98. The summed E-state index contributed by atoms with van der Waals surface area (Å²) in [4.78, 5) is 4.62. The Kier molecular flexibility index (Phi) is 4.43. The zero-order chi connectivity index (χ0) is 13.8.